The third-order valence-electron chi connectivity index (χ3n) is 3.51. The summed E-state index contributed by atoms with van der Waals surface area (Å²) < 4.78 is 4.84. The summed E-state index contributed by atoms with van der Waals surface area (Å²) in [4.78, 5) is 16.2. The molecule has 2 rings (SSSR count). The molecule has 0 bridgehead atoms. The van der Waals surface area contributed by atoms with Gasteiger partial charge in [-0.05, 0) is 31.5 Å². The van der Waals surface area contributed by atoms with Gasteiger partial charge in [0.2, 0.25) is 0 Å². The average Bonchev–Trinajstić information content (AvgIpc) is 2.44. The van der Waals surface area contributed by atoms with Crippen molar-refractivity contribution in [2.24, 2.45) is 11.1 Å². The van der Waals surface area contributed by atoms with E-state index in [0.717, 1.165) is 16.5 Å². The molecular weight excluding hydrogens is 276 g/mol. The first kappa shape index (κ1) is 16.4. The number of rotatable bonds is 3. The Balaban J connectivity index is 0.00000200. The molecule has 0 radical (unpaired) electrons. The van der Waals surface area contributed by atoms with Gasteiger partial charge in [-0.1, -0.05) is 18.2 Å². The number of aromatic nitrogens is 1. The molecule has 108 valence electrons. The van der Waals surface area contributed by atoms with E-state index >= 15 is 0 Å². The Labute approximate surface area is 124 Å². The molecule has 0 aliphatic heterocycles. The number of hydrogen-bond acceptors (Lipinski definition) is 4. The van der Waals surface area contributed by atoms with Crippen LogP contribution < -0.4 is 5.73 Å². The number of fused-ring (bicyclic) bond motifs is 1. The highest BCUT2D eigenvalue weighted by molar-refractivity contribution is 5.85. The number of methoxy groups -OCH3 is 1. The molecule has 0 saturated heterocycles. The Morgan fingerprint density at radius 3 is 2.60 bits per heavy atom. The monoisotopic (exact) mass is 294 g/mol. The number of hydrogen-bond donors (Lipinski definition) is 1. The Bertz CT molecular complexity index is 608. The van der Waals surface area contributed by atoms with Gasteiger partial charge in [0, 0.05) is 17.6 Å². The zero-order valence-corrected chi connectivity index (χ0v) is 12.6. The van der Waals surface area contributed by atoms with Gasteiger partial charge in [-0.25, -0.2) is 0 Å². The van der Waals surface area contributed by atoms with Crippen LogP contribution in [0, 0.1) is 5.41 Å². The molecule has 0 fully saturated rings. The molecule has 5 heteroatoms. The van der Waals surface area contributed by atoms with E-state index in [0.29, 0.717) is 0 Å². The third-order valence-corrected chi connectivity index (χ3v) is 3.51. The summed E-state index contributed by atoms with van der Waals surface area (Å²) >= 11 is 0. The topological polar surface area (TPSA) is 65.2 Å². The van der Waals surface area contributed by atoms with Gasteiger partial charge in [-0.15, -0.1) is 12.4 Å². The van der Waals surface area contributed by atoms with Crippen LogP contribution in [0.4, 0.5) is 0 Å². The van der Waals surface area contributed by atoms with Crippen molar-refractivity contribution in [3.05, 3.63) is 42.1 Å². The Morgan fingerprint density at radius 1 is 1.30 bits per heavy atom. The van der Waals surface area contributed by atoms with Crippen LogP contribution >= 0.6 is 12.4 Å². The number of ether oxygens (including phenoxy) is 1. The number of benzene rings is 1. The van der Waals surface area contributed by atoms with E-state index in [9.17, 15) is 4.79 Å². The minimum absolute atomic E-state index is 0. The zero-order valence-electron chi connectivity index (χ0n) is 11.8. The molecule has 1 aromatic carbocycles. The molecule has 0 unspecified atom stereocenters. The molecule has 4 nitrogen and oxygen atoms in total. The van der Waals surface area contributed by atoms with E-state index in [1.807, 2.05) is 30.3 Å². The van der Waals surface area contributed by atoms with Crippen molar-refractivity contribution < 1.29 is 9.53 Å². The van der Waals surface area contributed by atoms with E-state index < -0.39 is 11.5 Å². The molecule has 2 aromatic rings. The predicted molar refractivity (Wildman–Crippen MR) is 81.7 cm³/mol. The average molecular weight is 295 g/mol. The highest BCUT2D eigenvalue weighted by Crippen LogP contribution is 2.35. The summed E-state index contributed by atoms with van der Waals surface area (Å²) in [5.41, 5.74) is 7.27. The van der Waals surface area contributed by atoms with Crippen molar-refractivity contribution >= 4 is 29.3 Å². The number of carbonyl (C=O) groups is 1. The fraction of sp³-hybridized carbons (Fsp3) is 0.333. The Kier molecular flexibility index (Phi) is 5.09. The predicted octanol–water partition coefficient (Wildman–Crippen LogP) is 2.86. The normalized spacial score (nSPS) is 12.6. The quantitative estimate of drug-likeness (QED) is 0.884. The second-order valence-corrected chi connectivity index (χ2v) is 5.11. The molecule has 0 aliphatic rings. The van der Waals surface area contributed by atoms with Crippen LogP contribution in [-0.4, -0.2) is 18.1 Å². The summed E-state index contributed by atoms with van der Waals surface area (Å²) in [6.45, 7) is 3.58. The number of carbonyl (C=O) groups excluding carboxylic acids is 1. The maximum Gasteiger partial charge on any atom is 0.313 e. The lowest BCUT2D eigenvalue weighted by molar-refractivity contribution is -0.152. The van der Waals surface area contributed by atoms with Crippen LogP contribution in [0.2, 0.25) is 0 Å². The highest BCUT2D eigenvalue weighted by Gasteiger charge is 2.37. The first-order valence-corrected chi connectivity index (χ1v) is 6.16. The maximum absolute atomic E-state index is 11.9. The Morgan fingerprint density at radius 2 is 1.95 bits per heavy atom. The second kappa shape index (κ2) is 6.20. The number of pyridine rings is 1. The van der Waals surface area contributed by atoms with Crippen LogP contribution in [0.5, 0.6) is 0 Å². The van der Waals surface area contributed by atoms with Crippen LogP contribution in [0.1, 0.15) is 25.5 Å². The molecule has 1 heterocycles. The summed E-state index contributed by atoms with van der Waals surface area (Å²) in [7, 11) is 1.38. The number of para-hydroxylation sites is 1. The van der Waals surface area contributed by atoms with E-state index in [2.05, 4.69) is 4.98 Å². The first-order valence-electron chi connectivity index (χ1n) is 6.16. The molecule has 0 aliphatic carbocycles. The number of halogens is 1. The van der Waals surface area contributed by atoms with Gasteiger partial charge in [0.15, 0.2) is 0 Å². The van der Waals surface area contributed by atoms with Gasteiger partial charge in [0.1, 0.15) is 0 Å². The van der Waals surface area contributed by atoms with Gasteiger partial charge in [-0.3, -0.25) is 9.78 Å². The number of nitrogens with two attached hydrogens (primary N) is 1. The lowest BCUT2D eigenvalue weighted by Crippen LogP contribution is -2.37. The first-order chi connectivity index (χ1) is 8.98. The van der Waals surface area contributed by atoms with E-state index in [4.69, 9.17) is 10.5 Å². The smallest absolute Gasteiger partial charge is 0.313 e. The summed E-state index contributed by atoms with van der Waals surface area (Å²) in [5, 5.41) is 0.967. The Hall–Kier alpha value is -1.65. The van der Waals surface area contributed by atoms with Gasteiger partial charge in [0.25, 0.3) is 0 Å². The van der Waals surface area contributed by atoms with E-state index in [1.54, 1.807) is 20.0 Å². The molecule has 0 amide bonds. The fourth-order valence-corrected chi connectivity index (χ4v) is 2.17. The standard InChI is InChI=1S/C15H18N2O2.ClH/c1-15(2,14(18)19-3)13(16)11-8-9-17-12-7-5-4-6-10(11)12;/h4-9,13H,16H2,1-3H3;1H/t13-;/m1./s1. The number of nitrogens with zero attached hydrogens (tertiary/aromatic N) is 1. The minimum atomic E-state index is -0.793. The second-order valence-electron chi connectivity index (χ2n) is 5.11. The molecule has 2 N–H and O–H groups in total. The van der Waals surface area contributed by atoms with E-state index in [1.165, 1.54) is 7.11 Å². The highest BCUT2D eigenvalue weighted by atomic mass is 35.5. The molecular formula is C15H19ClN2O2. The van der Waals surface area contributed by atoms with Crippen molar-refractivity contribution in [2.45, 2.75) is 19.9 Å². The molecule has 0 spiro atoms. The minimum Gasteiger partial charge on any atom is -0.469 e. The third kappa shape index (κ3) is 2.76. The van der Waals surface area contributed by atoms with Gasteiger partial charge < -0.3 is 10.5 Å². The zero-order chi connectivity index (χ0) is 14.0. The SMILES string of the molecule is COC(=O)C(C)(C)[C@H](N)c1ccnc2ccccc12.Cl. The van der Waals surface area contributed by atoms with Gasteiger partial charge in [0.05, 0.1) is 18.0 Å². The van der Waals surface area contributed by atoms with Crippen molar-refractivity contribution in [3.8, 4) is 0 Å². The van der Waals surface area contributed by atoms with E-state index in [-0.39, 0.29) is 18.4 Å². The lowest BCUT2D eigenvalue weighted by atomic mass is 9.80. The van der Waals surface area contributed by atoms with Gasteiger partial charge in [-0.2, -0.15) is 0 Å². The van der Waals surface area contributed by atoms with Crippen molar-refractivity contribution in [3.63, 3.8) is 0 Å². The van der Waals surface area contributed by atoms with Crippen LogP contribution in [0.15, 0.2) is 36.5 Å². The molecule has 0 saturated carbocycles. The largest absolute Gasteiger partial charge is 0.469 e. The van der Waals surface area contributed by atoms with Crippen LogP contribution in [0.3, 0.4) is 0 Å². The van der Waals surface area contributed by atoms with Crippen LogP contribution in [0.25, 0.3) is 10.9 Å². The molecule has 1 aromatic heterocycles. The van der Waals surface area contributed by atoms with Crippen molar-refractivity contribution in [2.75, 3.05) is 7.11 Å². The maximum atomic E-state index is 11.9. The summed E-state index contributed by atoms with van der Waals surface area (Å²) in [6, 6.07) is 9.16. The molecule has 1 atom stereocenters. The number of esters is 1. The summed E-state index contributed by atoms with van der Waals surface area (Å²) in [6.07, 6.45) is 1.71. The fourth-order valence-electron chi connectivity index (χ4n) is 2.17. The van der Waals surface area contributed by atoms with Gasteiger partial charge >= 0.3 is 5.97 Å². The van der Waals surface area contributed by atoms with Crippen molar-refractivity contribution in [1.82, 2.24) is 4.98 Å². The van der Waals surface area contributed by atoms with Crippen LogP contribution in [-0.2, 0) is 9.53 Å². The molecule has 20 heavy (non-hydrogen) atoms. The lowest BCUT2D eigenvalue weighted by Gasteiger charge is -2.29. The summed E-state index contributed by atoms with van der Waals surface area (Å²) in [5.74, 6) is -0.319. The van der Waals surface area contributed by atoms with Crippen molar-refractivity contribution in [1.29, 1.82) is 0 Å².